The molecule has 228 valence electrons. The Labute approximate surface area is 278 Å². The van der Waals surface area contributed by atoms with E-state index in [1.807, 2.05) is 0 Å². The Kier molecular flexibility index (Phi) is 8.07. The first-order chi connectivity index (χ1) is 23.1. The lowest BCUT2D eigenvalue weighted by Gasteiger charge is -2.32. The highest BCUT2D eigenvalue weighted by atomic mass is 15.0. The van der Waals surface area contributed by atoms with Gasteiger partial charge in [0.15, 0.2) is 0 Å². The first-order valence-corrected chi connectivity index (χ1v) is 16.3. The molecule has 0 amide bonds. The SMILES string of the molecule is C#C.C/C(=C\C(=NCc1ccccc1)c1ccccc1)n1c2ccccc2c2cc3c(cc21)C(C)(C1=CC=CCC1)c1ccccc1-3. The Morgan fingerprint density at radius 2 is 1.47 bits per heavy atom. The van der Waals surface area contributed by atoms with Gasteiger partial charge in [-0.25, -0.2) is 0 Å². The average molecular weight is 607 g/mol. The monoisotopic (exact) mass is 606 g/mol. The van der Waals surface area contributed by atoms with Crippen LogP contribution in [0.25, 0.3) is 38.6 Å². The number of benzene rings is 5. The van der Waals surface area contributed by atoms with Crippen LogP contribution in [0.4, 0.5) is 0 Å². The molecule has 0 saturated carbocycles. The molecule has 5 aromatic carbocycles. The summed E-state index contributed by atoms with van der Waals surface area (Å²) in [6, 6.07) is 43.9. The van der Waals surface area contributed by atoms with Gasteiger partial charge in [0.05, 0.1) is 23.3 Å². The zero-order valence-electron chi connectivity index (χ0n) is 27.0. The molecule has 0 saturated heterocycles. The summed E-state index contributed by atoms with van der Waals surface area (Å²) in [4.78, 5) is 5.16. The van der Waals surface area contributed by atoms with Crippen molar-refractivity contribution < 1.29 is 0 Å². The highest BCUT2D eigenvalue weighted by molar-refractivity contribution is 6.15. The van der Waals surface area contributed by atoms with Crippen molar-refractivity contribution in [1.29, 1.82) is 0 Å². The number of para-hydroxylation sites is 1. The first kappa shape index (κ1) is 30.0. The molecular formula is C45H38N2. The Morgan fingerprint density at radius 1 is 0.766 bits per heavy atom. The van der Waals surface area contributed by atoms with Crippen LogP contribution in [0.1, 0.15) is 48.9 Å². The second-order valence-corrected chi connectivity index (χ2v) is 12.4. The van der Waals surface area contributed by atoms with Crippen molar-refractivity contribution in [1.82, 2.24) is 4.57 Å². The summed E-state index contributed by atoms with van der Waals surface area (Å²) < 4.78 is 2.45. The van der Waals surface area contributed by atoms with Crippen molar-refractivity contribution in [2.45, 2.75) is 38.6 Å². The Hall–Kier alpha value is -5.65. The number of hydrogen-bond donors (Lipinski definition) is 0. The van der Waals surface area contributed by atoms with Crippen LogP contribution in [0.5, 0.6) is 0 Å². The maximum Gasteiger partial charge on any atom is 0.0668 e. The Balaban J connectivity index is 0.00000172. The molecule has 2 aliphatic carbocycles. The number of allylic oxidation sites excluding steroid dienone is 6. The van der Waals surface area contributed by atoms with Crippen molar-refractivity contribution in [2.24, 2.45) is 4.99 Å². The van der Waals surface area contributed by atoms with E-state index in [4.69, 9.17) is 4.99 Å². The van der Waals surface area contributed by atoms with Crippen LogP contribution in [0.3, 0.4) is 0 Å². The fourth-order valence-electron chi connectivity index (χ4n) is 7.55. The molecule has 1 atom stereocenters. The summed E-state index contributed by atoms with van der Waals surface area (Å²) in [7, 11) is 0. The van der Waals surface area contributed by atoms with Gasteiger partial charge in [-0.2, -0.15) is 0 Å². The lowest BCUT2D eigenvalue weighted by atomic mass is 9.71. The van der Waals surface area contributed by atoms with E-state index in [0.29, 0.717) is 6.54 Å². The van der Waals surface area contributed by atoms with Gasteiger partial charge in [0.2, 0.25) is 0 Å². The van der Waals surface area contributed by atoms with E-state index in [1.165, 1.54) is 55.2 Å². The van der Waals surface area contributed by atoms with Crippen molar-refractivity contribution in [3.63, 3.8) is 0 Å². The van der Waals surface area contributed by atoms with Crippen LogP contribution in [0.2, 0.25) is 0 Å². The van der Waals surface area contributed by atoms with Crippen LogP contribution in [0, 0.1) is 12.8 Å². The van der Waals surface area contributed by atoms with Gasteiger partial charge in [0.1, 0.15) is 0 Å². The molecule has 1 aromatic heterocycles. The largest absolute Gasteiger partial charge is 0.313 e. The summed E-state index contributed by atoms with van der Waals surface area (Å²) in [6.45, 7) is 5.30. The molecule has 0 spiro atoms. The fourth-order valence-corrected chi connectivity index (χ4v) is 7.55. The lowest BCUT2D eigenvalue weighted by Crippen LogP contribution is -2.24. The molecule has 2 heteroatoms. The van der Waals surface area contributed by atoms with E-state index in [-0.39, 0.29) is 5.41 Å². The van der Waals surface area contributed by atoms with Crippen LogP contribution in [-0.4, -0.2) is 10.3 Å². The van der Waals surface area contributed by atoms with Crippen LogP contribution >= 0.6 is 0 Å². The summed E-state index contributed by atoms with van der Waals surface area (Å²) in [5.74, 6) is 0. The van der Waals surface area contributed by atoms with Gasteiger partial charge in [-0.1, -0.05) is 127 Å². The number of terminal acetylenes is 1. The molecule has 8 rings (SSSR count). The normalized spacial score (nSPS) is 17.1. The number of aliphatic imine (C=N–C) groups is 1. The smallest absolute Gasteiger partial charge is 0.0668 e. The molecule has 0 aliphatic heterocycles. The minimum Gasteiger partial charge on any atom is -0.313 e. The summed E-state index contributed by atoms with van der Waals surface area (Å²) >= 11 is 0. The van der Waals surface area contributed by atoms with Crippen molar-refractivity contribution in [2.75, 3.05) is 0 Å². The first-order valence-electron chi connectivity index (χ1n) is 16.3. The van der Waals surface area contributed by atoms with E-state index >= 15 is 0 Å². The quantitative estimate of drug-likeness (QED) is 0.133. The molecule has 6 aromatic rings. The highest BCUT2D eigenvalue weighted by Gasteiger charge is 2.42. The van der Waals surface area contributed by atoms with Gasteiger partial charge in [-0.15, -0.1) is 12.8 Å². The zero-order chi connectivity index (χ0) is 32.4. The van der Waals surface area contributed by atoms with Crippen molar-refractivity contribution in [3.8, 4) is 24.0 Å². The molecule has 1 heterocycles. The average Bonchev–Trinajstić information content (AvgIpc) is 3.60. The van der Waals surface area contributed by atoms with Gasteiger partial charge in [0, 0.05) is 21.9 Å². The molecule has 0 radical (unpaired) electrons. The van der Waals surface area contributed by atoms with E-state index in [1.54, 1.807) is 0 Å². The minimum absolute atomic E-state index is 0.171. The number of fused-ring (bicyclic) bond motifs is 6. The molecule has 47 heavy (non-hydrogen) atoms. The standard InChI is InChI=1S/C43H36N2.C2H2/c1-30(26-40(32-18-8-4-9-19-32)44-29-31-16-6-3-7-17-31)45-41-25-15-13-23-35(41)37-27-36-34-22-12-14-24-38(34)43(2,39(36)28-42(37)45)33-20-10-5-11-21-33;1-2/h3-10,12-20,22-28H,11,21,29H2,1-2H3;1-2H/b30-26+,44-40?;. The third kappa shape index (κ3) is 5.15. The van der Waals surface area contributed by atoms with E-state index < -0.39 is 0 Å². The predicted molar refractivity (Wildman–Crippen MR) is 201 cm³/mol. The second-order valence-electron chi connectivity index (χ2n) is 12.4. The molecule has 0 fully saturated rings. The number of nitrogens with zero attached hydrogens (tertiary/aromatic N) is 2. The Morgan fingerprint density at radius 3 is 2.23 bits per heavy atom. The maximum absolute atomic E-state index is 5.16. The minimum atomic E-state index is -0.171. The molecule has 2 aliphatic rings. The maximum atomic E-state index is 5.16. The van der Waals surface area contributed by atoms with Crippen LogP contribution in [-0.2, 0) is 12.0 Å². The van der Waals surface area contributed by atoms with Gasteiger partial charge in [0.25, 0.3) is 0 Å². The summed E-state index contributed by atoms with van der Waals surface area (Å²) in [5.41, 5.74) is 13.8. The highest BCUT2D eigenvalue weighted by Crippen LogP contribution is 2.55. The number of rotatable bonds is 6. The van der Waals surface area contributed by atoms with Crippen LogP contribution in [0.15, 0.2) is 156 Å². The van der Waals surface area contributed by atoms with Crippen molar-refractivity contribution >= 4 is 33.2 Å². The molecule has 0 N–H and O–H groups in total. The van der Waals surface area contributed by atoms with E-state index in [9.17, 15) is 0 Å². The van der Waals surface area contributed by atoms with Gasteiger partial charge < -0.3 is 4.57 Å². The molecule has 1 unspecified atom stereocenters. The molecule has 0 bridgehead atoms. The van der Waals surface area contributed by atoms with Gasteiger partial charge in [-0.05, 0) is 84.3 Å². The molecular weight excluding hydrogens is 569 g/mol. The summed E-state index contributed by atoms with van der Waals surface area (Å²) in [6.07, 6.45) is 19.3. The van der Waals surface area contributed by atoms with Crippen molar-refractivity contribution in [3.05, 3.63) is 173 Å². The zero-order valence-corrected chi connectivity index (χ0v) is 27.0. The third-order valence-corrected chi connectivity index (χ3v) is 9.81. The topological polar surface area (TPSA) is 17.3 Å². The third-order valence-electron chi connectivity index (χ3n) is 9.81. The number of hydrogen-bond acceptors (Lipinski definition) is 1. The Bertz CT molecular complexity index is 2240. The van der Waals surface area contributed by atoms with E-state index in [0.717, 1.165) is 29.8 Å². The van der Waals surface area contributed by atoms with Gasteiger partial charge in [-0.3, -0.25) is 4.99 Å². The molecule has 2 nitrogen and oxygen atoms in total. The predicted octanol–water partition coefficient (Wildman–Crippen LogP) is 11.2. The summed E-state index contributed by atoms with van der Waals surface area (Å²) in [5, 5.41) is 2.56. The number of aromatic nitrogens is 1. The van der Waals surface area contributed by atoms with E-state index in [2.05, 4.69) is 177 Å². The second kappa shape index (κ2) is 12.6. The van der Waals surface area contributed by atoms with Gasteiger partial charge >= 0.3 is 0 Å². The lowest BCUT2D eigenvalue weighted by molar-refractivity contribution is 0.650. The fraction of sp³-hybridized carbons (Fsp3) is 0.133. The van der Waals surface area contributed by atoms with Crippen LogP contribution < -0.4 is 0 Å².